The van der Waals surface area contributed by atoms with Crippen molar-refractivity contribution in [3.05, 3.63) is 236 Å². The molecule has 0 bridgehead atoms. The van der Waals surface area contributed by atoms with E-state index in [2.05, 4.69) is 125 Å². The zero-order chi connectivity index (χ0) is 44.8. The first kappa shape index (κ1) is 44.4. The van der Waals surface area contributed by atoms with Crippen LogP contribution in [0.5, 0.6) is 23.0 Å². The average molecular weight is 849 g/mol. The number of hydrogen-bond acceptors (Lipinski definition) is 4. The maximum atomic E-state index is 13.2. The molecule has 8 aromatic rings. The first-order valence-electron chi connectivity index (χ1n) is 21.6. The van der Waals surface area contributed by atoms with E-state index in [0.717, 1.165) is 22.3 Å². The predicted octanol–water partition coefficient (Wildman–Crippen LogP) is 11.1. The van der Waals surface area contributed by atoms with Gasteiger partial charge in [0.25, 0.3) is 0 Å². The van der Waals surface area contributed by atoms with E-state index < -0.39 is 7.26 Å². The number of hydrogen-bond donors (Lipinski definition) is 3. The Morgan fingerprint density at radius 1 is 0.333 bits per heavy atom. The van der Waals surface area contributed by atoms with Gasteiger partial charge in [0.15, 0.2) is 0 Å². The molecule has 8 aromatic carbocycles. The second-order valence-corrected chi connectivity index (χ2v) is 20.6. The van der Waals surface area contributed by atoms with E-state index in [0.29, 0.717) is 47.1 Å². The number of benzene rings is 8. The molecule has 5 heteroatoms. The van der Waals surface area contributed by atoms with Crippen LogP contribution in [-0.4, -0.2) is 15.3 Å². The second-order valence-electron chi connectivity index (χ2n) is 17.1. The van der Waals surface area contributed by atoms with Crippen LogP contribution < -0.4 is 26.3 Å². The lowest BCUT2D eigenvalue weighted by Crippen LogP contribution is -2.38. The van der Waals surface area contributed by atoms with Crippen LogP contribution in [0, 0.1) is 48.5 Å². The molecule has 0 aliphatic carbocycles. The zero-order valence-electron chi connectivity index (χ0n) is 37.4. The fourth-order valence-corrected chi connectivity index (χ4v) is 12.6. The number of para-hydroxylation sites is 1. The van der Waals surface area contributed by atoms with Gasteiger partial charge in [-0.3, -0.25) is 0 Å². The first-order valence-corrected chi connectivity index (χ1v) is 23.3. The lowest BCUT2D eigenvalue weighted by atomic mass is 9.93. The molecule has 0 aromatic heterocycles. The Morgan fingerprint density at radius 3 is 0.968 bits per heavy atom. The minimum Gasteiger partial charge on any atom is -0.872 e. The van der Waals surface area contributed by atoms with Crippen molar-refractivity contribution in [2.75, 3.05) is 0 Å². The molecule has 0 spiro atoms. The van der Waals surface area contributed by atoms with Crippen LogP contribution >= 0.6 is 7.26 Å². The average Bonchev–Trinajstić information content (AvgIpc) is 3.26. The predicted molar refractivity (Wildman–Crippen MR) is 263 cm³/mol. The highest BCUT2D eigenvalue weighted by Crippen LogP contribution is 2.54. The summed E-state index contributed by atoms with van der Waals surface area (Å²) in [6, 6.07) is 56.7. The largest absolute Gasteiger partial charge is 0.872 e. The van der Waals surface area contributed by atoms with Crippen LogP contribution in [-0.2, 0) is 19.3 Å². The molecule has 0 fully saturated rings. The number of rotatable bonds is 10. The highest BCUT2D eigenvalue weighted by atomic mass is 31.2. The van der Waals surface area contributed by atoms with Gasteiger partial charge >= 0.3 is 0 Å². The summed E-state index contributed by atoms with van der Waals surface area (Å²) >= 11 is 0. The monoisotopic (exact) mass is 848 g/mol. The van der Waals surface area contributed by atoms with Crippen LogP contribution in [0.2, 0.25) is 0 Å². The van der Waals surface area contributed by atoms with Crippen molar-refractivity contribution >= 4 is 28.5 Å². The maximum Gasteiger partial charge on any atom is 0.144 e. The Morgan fingerprint density at radius 2 is 0.619 bits per heavy atom. The molecule has 0 aliphatic heterocycles. The molecule has 0 saturated carbocycles. The van der Waals surface area contributed by atoms with Gasteiger partial charge in [0, 0.05) is 19.3 Å². The van der Waals surface area contributed by atoms with Crippen molar-refractivity contribution in [3.8, 4) is 23.0 Å². The first-order chi connectivity index (χ1) is 30.2. The van der Waals surface area contributed by atoms with Gasteiger partial charge in [-0.05, 0) is 131 Å². The van der Waals surface area contributed by atoms with Gasteiger partial charge in [-0.1, -0.05) is 153 Å². The van der Waals surface area contributed by atoms with Crippen LogP contribution in [0.3, 0.4) is 0 Å². The SMILES string of the molecule is Cc1ccc(O)c(Cc2cccc(Cc3cc(C)cc(Cc4cc(C)ccc4O)c3O)c2[O-])c1.Cc1ccc([P+](c2ccc(C)cc2)(c2ccc(C)cc2)c2ccc(C)cc2)cc1. The van der Waals surface area contributed by atoms with Crippen molar-refractivity contribution in [3.63, 3.8) is 0 Å². The Hall–Kier alpha value is -6.61. The van der Waals surface area contributed by atoms with E-state index in [1.807, 2.05) is 63.2 Å². The van der Waals surface area contributed by atoms with Crippen LogP contribution in [0.25, 0.3) is 0 Å². The van der Waals surface area contributed by atoms with Gasteiger partial charge < -0.3 is 20.4 Å². The highest BCUT2D eigenvalue weighted by Gasteiger charge is 2.47. The van der Waals surface area contributed by atoms with Crippen molar-refractivity contribution in [1.29, 1.82) is 0 Å². The Balaban J connectivity index is 0.000000191. The molecule has 63 heavy (non-hydrogen) atoms. The molecule has 318 valence electrons. The molecule has 3 N–H and O–H groups in total. The molecule has 4 nitrogen and oxygen atoms in total. The summed E-state index contributed by atoms with van der Waals surface area (Å²) in [5.41, 5.74) is 12.3. The summed E-state index contributed by atoms with van der Waals surface area (Å²) in [6.07, 6.45) is 1.04. The Bertz CT molecular complexity index is 2650. The van der Waals surface area contributed by atoms with Crippen molar-refractivity contribution in [2.24, 2.45) is 0 Å². The third kappa shape index (κ3) is 10.0. The quantitative estimate of drug-likeness (QED) is 0.120. The minimum absolute atomic E-state index is 0.0813. The van der Waals surface area contributed by atoms with Crippen LogP contribution in [0.1, 0.15) is 72.3 Å². The summed E-state index contributed by atoms with van der Waals surface area (Å²) < 4.78 is 0. The summed E-state index contributed by atoms with van der Waals surface area (Å²) in [5.74, 6) is 0.438. The van der Waals surface area contributed by atoms with E-state index in [1.165, 1.54) is 43.5 Å². The minimum atomic E-state index is -1.98. The van der Waals surface area contributed by atoms with Crippen molar-refractivity contribution in [2.45, 2.75) is 67.7 Å². The smallest absolute Gasteiger partial charge is 0.144 e. The summed E-state index contributed by atoms with van der Waals surface area (Å²) in [4.78, 5) is 0. The molecular formula is C58H57O4P. The van der Waals surface area contributed by atoms with Crippen LogP contribution in [0.4, 0.5) is 0 Å². The topological polar surface area (TPSA) is 83.8 Å². The number of aryl methyl sites for hydroxylation is 7. The maximum absolute atomic E-state index is 13.2. The number of phenolic OH excluding ortho intramolecular Hbond substituents is 3. The van der Waals surface area contributed by atoms with E-state index in [4.69, 9.17) is 0 Å². The second kappa shape index (κ2) is 19.2. The van der Waals surface area contributed by atoms with E-state index in [-0.39, 0.29) is 23.0 Å². The third-order valence-corrected chi connectivity index (χ3v) is 16.2. The molecule has 0 saturated heterocycles. The molecular weight excluding hydrogens is 792 g/mol. The van der Waals surface area contributed by atoms with Gasteiger partial charge in [-0.15, -0.1) is 5.75 Å². The fraction of sp³-hybridized carbons (Fsp3) is 0.172. The summed E-state index contributed by atoms with van der Waals surface area (Å²) in [5, 5.41) is 50.3. The third-order valence-electron chi connectivity index (χ3n) is 11.9. The van der Waals surface area contributed by atoms with E-state index in [1.54, 1.807) is 24.3 Å². The molecule has 0 heterocycles. The Labute approximate surface area is 374 Å². The highest BCUT2D eigenvalue weighted by molar-refractivity contribution is 8.01. The van der Waals surface area contributed by atoms with E-state index in [9.17, 15) is 20.4 Å². The lowest BCUT2D eigenvalue weighted by molar-refractivity contribution is -0.270. The summed E-state index contributed by atoms with van der Waals surface area (Å²) in [7, 11) is -1.98. The lowest BCUT2D eigenvalue weighted by Gasteiger charge is -2.28. The van der Waals surface area contributed by atoms with Gasteiger partial charge in [0.2, 0.25) is 0 Å². The van der Waals surface area contributed by atoms with E-state index >= 15 is 0 Å². The van der Waals surface area contributed by atoms with Gasteiger partial charge in [-0.25, -0.2) is 0 Å². The molecule has 0 atom stereocenters. The van der Waals surface area contributed by atoms with Gasteiger partial charge in [0.05, 0.1) is 0 Å². The molecule has 0 amide bonds. The summed E-state index contributed by atoms with van der Waals surface area (Å²) in [6.45, 7) is 14.5. The molecule has 8 rings (SSSR count). The zero-order valence-corrected chi connectivity index (χ0v) is 38.3. The molecule has 0 unspecified atom stereocenters. The number of phenols is 3. The van der Waals surface area contributed by atoms with Gasteiger partial charge in [-0.2, -0.15) is 0 Å². The molecule has 0 aliphatic rings. The van der Waals surface area contributed by atoms with Crippen molar-refractivity contribution < 1.29 is 20.4 Å². The number of aromatic hydroxyl groups is 3. The van der Waals surface area contributed by atoms with Gasteiger partial charge in [0.1, 0.15) is 45.7 Å². The van der Waals surface area contributed by atoms with Crippen LogP contribution in [0.15, 0.2) is 164 Å². The normalized spacial score (nSPS) is 11.2. The van der Waals surface area contributed by atoms with Crippen molar-refractivity contribution in [1.82, 2.24) is 0 Å². The fourth-order valence-electron chi connectivity index (χ4n) is 8.42. The Kier molecular flexibility index (Phi) is 13.5. The standard InChI is InChI=1S/C30H30O4.C28H28P/c1-18-7-9-27(31)23(11-18)15-21-5-4-6-22(29(21)33)16-25-13-20(3)14-26(30(25)34)17-24-12-19(2)8-10-28(24)32;1-21-5-13-25(14-6-21)29(26-15-7-22(2)8-16-26,27-17-9-23(3)10-18-27)28-19-11-24(4)12-20-28/h4-14,31-34H,15-17H2,1-3H3;5-20H,1-4H3/q;+1/p-1. The molecule has 0 radical (unpaired) electrons.